The predicted octanol–water partition coefficient (Wildman–Crippen LogP) is 4.07. The Balaban J connectivity index is 2.10. The number of hydrogen-bond acceptors (Lipinski definition) is 2. The molecule has 1 aromatic rings. The van der Waals surface area contributed by atoms with Crippen LogP contribution < -0.4 is 0 Å². The highest BCUT2D eigenvalue weighted by Gasteiger charge is 2.40. The average Bonchev–Trinajstić information content (AvgIpc) is 2.66. The third-order valence-electron chi connectivity index (χ3n) is 3.73. The Morgan fingerprint density at radius 3 is 2.24 bits per heavy atom. The van der Waals surface area contributed by atoms with Crippen LogP contribution in [0.4, 0.5) is 18.0 Å². The van der Waals surface area contributed by atoms with E-state index in [-0.39, 0.29) is 24.6 Å². The monoisotopic (exact) mass is 301 g/mol. The maximum atomic E-state index is 12.5. The minimum absolute atomic E-state index is 0.0974. The van der Waals surface area contributed by atoms with Crippen LogP contribution in [-0.4, -0.2) is 23.1 Å². The van der Waals surface area contributed by atoms with Gasteiger partial charge in [0.2, 0.25) is 0 Å². The van der Waals surface area contributed by atoms with E-state index in [0.717, 1.165) is 12.1 Å². The second-order valence-electron chi connectivity index (χ2n) is 5.66. The van der Waals surface area contributed by atoms with Gasteiger partial charge in [-0.1, -0.05) is 26.0 Å². The van der Waals surface area contributed by atoms with Crippen LogP contribution in [0.2, 0.25) is 0 Å². The highest BCUT2D eigenvalue weighted by Crippen LogP contribution is 2.30. The molecular weight excluding hydrogens is 283 g/mol. The summed E-state index contributed by atoms with van der Waals surface area (Å²) >= 11 is 0. The van der Waals surface area contributed by atoms with E-state index in [0.29, 0.717) is 5.56 Å². The number of cyclic esters (lactones) is 1. The summed E-state index contributed by atoms with van der Waals surface area (Å²) in [6, 6.07) is 4.75. The molecule has 0 radical (unpaired) electrons. The molecule has 0 N–H and O–H groups in total. The molecule has 21 heavy (non-hydrogen) atoms. The van der Waals surface area contributed by atoms with Crippen LogP contribution in [0.1, 0.15) is 31.9 Å². The molecule has 0 saturated carbocycles. The molecule has 1 saturated heterocycles. The van der Waals surface area contributed by atoms with Crippen molar-refractivity contribution in [2.75, 3.05) is 0 Å². The highest BCUT2D eigenvalue weighted by molar-refractivity contribution is 5.70. The zero-order valence-electron chi connectivity index (χ0n) is 12.1. The van der Waals surface area contributed by atoms with Gasteiger partial charge in [-0.25, -0.2) is 4.79 Å². The number of halogens is 3. The SMILES string of the molecule is CC(C)C1OC(=O)N(Cc2ccc(C(F)(F)F)cc2)[C@@H]1C. The van der Waals surface area contributed by atoms with Crippen molar-refractivity contribution in [2.45, 2.75) is 45.6 Å². The van der Waals surface area contributed by atoms with Crippen molar-refractivity contribution in [1.82, 2.24) is 4.90 Å². The Kier molecular flexibility index (Phi) is 4.16. The lowest BCUT2D eigenvalue weighted by Gasteiger charge is -2.22. The number of rotatable bonds is 3. The largest absolute Gasteiger partial charge is 0.444 e. The van der Waals surface area contributed by atoms with Crippen molar-refractivity contribution < 1.29 is 22.7 Å². The first-order valence-electron chi connectivity index (χ1n) is 6.83. The van der Waals surface area contributed by atoms with Gasteiger partial charge >= 0.3 is 12.3 Å². The number of carbonyl (C=O) groups is 1. The van der Waals surface area contributed by atoms with Crippen LogP contribution in [0.25, 0.3) is 0 Å². The fourth-order valence-corrected chi connectivity index (χ4v) is 2.52. The summed E-state index contributed by atoms with van der Waals surface area (Å²) in [5, 5.41) is 0. The predicted molar refractivity (Wildman–Crippen MR) is 71.6 cm³/mol. The van der Waals surface area contributed by atoms with E-state index in [1.54, 1.807) is 4.90 Å². The van der Waals surface area contributed by atoms with Gasteiger partial charge < -0.3 is 4.74 Å². The fraction of sp³-hybridized carbons (Fsp3) is 0.533. The number of carbonyl (C=O) groups excluding carboxylic acids is 1. The molecule has 0 aromatic heterocycles. The van der Waals surface area contributed by atoms with Gasteiger partial charge in [-0.3, -0.25) is 4.90 Å². The summed E-state index contributed by atoms with van der Waals surface area (Å²) in [5.74, 6) is 0.196. The van der Waals surface area contributed by atoms with E-state index in [1.165, 1.54) is 12.1 Å². The first kappa shape index (κ1) is 15.7. The lowest BCUT2D eigenvalue weighted by atomic mass is 10.0. The third-order valence-corrected chi connectivity index (χ3v) is 3.73. The number of alkyl halides is 3. The van der Waals surface area contributed by atoms with Gasteiger partial charge in [-0.05, 0) is 30.5 Å². The minimum Gasteiger partial charge on any atom is -0.444 e. The van der Waals surface area contributed by atoms with Crippen molar-refractivity contribution in [2.24, 2.45) is 5.92 Å². The quantitative estimate of drug-likeness (QED) is 0.842. The number of amides is 1. The molecule has 1 amide bonds. The Morgan fingerprint density at radius 1 is 1.24 bits per heavy atom. The van der Waals surface area contributed by atoms with Crippen LogP contribution in [-0.2, 0) is 17.5 Å². The zero-order valence-corrected chi connectivity index (χ0v) is 12.1. The maximum Gasteiger partial charge on any atom is 0.416 e. The smallest absolute Gasteiger partial charge is 0.416 e. The summed E-state index contributed by atoms with van der Waals surface area (Å²) in [6.07, 6.45) is -4.95. The van der Waals surface area contributed by atoms with Gasteiger partial charge in [-0.2, -0.15) is 13.2 Å². The lowest BCUT2D eigenvalue weighted by molar-refractivity contribution is -0.137. The molecule has 1 unspecified atom stereocenters. The number of nitrogens with zero attached hydrogens (tertiary/aromatic N) is 1. The third kappa shape index (κ3) is 3.31. The Bertz CT molecular complexity index is 511. The first-order chi connectivity index (χ1) is 9.70. The van der Waals surface area contributed by atoms with Crippen LogP contribution in [0.5, 0.6) is 0 Å². The zero-order chi connectivity index (χ0) is 15.8. The molecule has 1 fully saturated rings. The van der Waals surface area contributed by atoms with Crippen LogP contribution in [0.15, 0.2) is 24.3 Å². The fourth-order valence-electron chi connectivity index (χ4n) is 2.52. The van der Waals surface area contributed by atoms with Crippen molar-refractivity contribution in [1.29, 1.82) is 0 Å². The summed E-state index contributed by atoms with van der Waals surface area (Å²) in [5.41, 5.74) is -0.0421. The second kappa shape index (κ2) is 5.58. The van der Waals surface area contributed by atoms with E-state index < -0.39 is 17.8 Å². The second-order valence-corrected chi connectivity index (χ2v) is 5.66. The van der Waals surface area contributed by atoms with E-state index in [1.807, 2.05) is 20.8 Å². The van der Waals surface area contributed by atoms with Gasteiger partial charge in [0, 0.05) is 6.54 Å². The van der Waals surface area contributed by atoms with Gasteiger partial charge in [0.15, 0.2) is 0 Å². The van der Waals surface area contributed by atoms with Gasteiger partial charge in [0.25, 0.3) is 0 Å². The van der Waals surface area contributed by atoms with E-state index >= 15 is 0 Å². The van der Waals surface area contributed by atoms with Crippen LogP contribution in [0.3, 0.4) is 0 Å². The summed E-state index contributed by atoms with van der Waals surface area (Å²) in [4.78, 5) is 13.4. The van der Waals surface area contributed by atoms with Crippen LogP contribution >= 0.6 is 0 Å². The topological polar surface area (TPSA) is 29.5 Å². The Hall–Kier alpha value is -1.72. The van der Waals surface area contributed by atoms with E-state index in [2.05, 4.69) is 0 Å². The Morgan fingerprint density at radius 2 is 1.81 bits per heavy atom. The maximum absolute atomic E-state index is 12.5. The average molecular weight is 301 g/mol. The summed E-state index contributed by atoms with van der Waals surface area (Å²) in [7, 11) is 0. The van der Waals surface area contributed by atoms with Gasteiger partial charge in [0.1, 0.15) is 6.10 Å². The summed E-state index contributed by atoms with van der Waals surface area (Å²) in [6.45, 7) is 6.08. The Labute approximate surface area is 121 Å². The normalized spacial score (nSPS) is 22.8. The minimum atomic E-state index is -4.35. The van der Waals surface area contributed by atoms with Crippen molar-refractivity contribution in [3.8, 4) is 0 Å². The standard InChI is InChI=1S/C15H18F3NO2/c1-9(2)13-10(3)19(14(20)21-13)8-11-4-6-12(7-5-11)15(16,17)18/h4-7,9-10,13H,8H2,1-3H3/t10-,13?/m1/s1. The summed E-state index contributed by atoms with van der Waals surface area (Å²) < 4.78 is 42.8. The molecule has 1 aromatic carbocycles. The van der Waals surface area contributed by atoms with Crippen molar-refractivity contribution in [3.05, 3.63) is 35.4 Å². The van der Waals surface area contributed by atoms with Crippen LogP contribution in [0, 0.1) is 5.92 Å². The van der Waals surface area contributed by atoms with E-state index in [9.17, 15) is 18.0 Å². The number of benzene rings is 1. The molecule has 3 nitrogen and oxygen atoms in total. The van der Waals surface area contributed by atoms with Gasteiger partial charge in [-0.15, -0.1) is 0 Å². The molecule has 0 spiro atoms. The first-order valence-corrected chi connectivity index (χ1v) is 6.83. The number of hydrogen-bond donors (Lipinski definition) is 0. The highest BCUT2D eigenvalue weighted by atomic mass is 19.4. The lowest BCUT2D eigenvalue weighted by Crippen LogP contribution is -2.35. The molecule has 0 aliphatic carbocycles. The molecule has 6 heteroatoms. The molecule has 1 aliphatic heterocycles. The molecular formula is C15H18F3NO2. The molecule has 1 heterocycles. The van der Waals surface area contributed by atoms with E-state index in [4.69, 9.17) is 4.74 Å². The molecule has 2 rings (SSSR count). The molecule has 0 bridgehead atoms. The molecule has 1 aliphatic rings. The van der Waals surface area contributed by atoms with Crippen molar-refractivity contribution >= 4 is 6.09 Å². The number of ether oxygens (including phenoxy) is 1. The molecule has 116 valence electrons. The van der Waals surface area contributed by atoms with Gasteiger partial charge in [0.05, 0.1) is 11.6 Å². The van der Waals surface area contributed by atoms with Crippen molar-refractivity contribution in [3.63, 3.8) is 0 Å². The molecule has 2 atom stereocenters.